The Labute approximate surface area is 59.5 Å². The Hall–Kier alpha value is 1.63. The van der Waals surface area contributed by atoms with Crippen molar-refractivity contribution in [2.75, 3.05) is 0 Å². The zero-order valence-electron chi connectivity index (χ0n) is 2.56. The summed E-state index contributed by atoms with van der Waals surface area (Å²) in [6, 6.07) is 0. The predicted molar refractivity (Wildman–Crippen MR) is 21.6 cm³/mol. The average molecular weight is 234 g/mol. The van der Waals surface area contributed by atoms with Crippen LogP contribution in [-0.2, 0) is 32.1 Å². The molecule has 0 heterocycles. The molecule has 4 heteroatoms. The Kier molecular flexibility index (Phi) is 144. The zero-order valence-corrected chi connectivity index (χ0v) is 7.24. The van der Waals surface area contributed by atoms with E-state index < -0.39 is 0 Å². The first kappa shape index (κ1) is 15.9. The van der Waals surface area contributed by atoms with Gasteiger partial charge >= 0.3 is 52.5 Å². The molecule has 0 nitrogen and oxygen atoms in total. The Morgan fingerprint density at radius 1 is 1.20 bits per heavy atom. The molecule has 0 radical (unpaired) electrons. The van der Waals surface area contributed by atoms with Gasteiger partial charge in [-0.1, -0.05) is 0 Å². The van der Waals surface area contributed by atoms with Crippen LogP contribution in [0.5, 0.6) is 0 Å². The predicted octanol–water partition coefficient (Wildman–Crippen LogP) is 1.74. The van der Waals surface area contributed by atoms with E-state index in [1.54, 1.807) is 0 Å². The van der Waals surface area contributed by atoms with Crippen molar-refractivity contribution in [1.29, 1.82) is 0 Å². The summed E-state index contributed by atoms with van der Waals surface area (Å²) in [5, 5.41) is 0. The van der Waals surface area contributed by atoms with Crippen molar-refractivity contribution in [3.05, 3.63) is 7.43 Å². The molecule has 0 aromatic carbocycles. The summed E-state index contributed by atoms with van der Waals surface area (Å²) in [7, 11) is 7.86. The second kappa shape index (κ2) is 45.3. The van der Waals surface area contributed by atoms with E-state index in [4.69, 9.17) is 0 Å². The van der Waals surface area contributed by atoms with E-state index in [2.05, 4.69) is 34.5 Å². The minimum atomic E-state index is 0. The molecule has 0 saturated heterocycles. The maximum absolute atomic E-state index is 4.09. The SMILES string of the molecule is [CH3-].[S]=[Co].[S]=[Mo]. The van der Waals surface area contributed by atoms with Crippen LogP contribution in [0.25, 0.3) is 0 Å². The second-order valence-corrected chi connectivity index (χ2v) is 0. The van der Waals surface area contributed by atoms with Gasteiger partial charge < -0.3 is 7.43 Å². The standard InChI is InChI=1S/CH3.Co.Mo.2S/h1H3;;;;/q-1;;;;. The van der Waals surface area contributed by atoms with Gasteiger partial charge in [0.25, 0.3) is 0 Å². The van der Waals surface area contributed by atoms with Gasteiger partial charge in [-0.05, 0) is 0 Å². The average Bonchev–Trinajstić information content (AvgIpc) is 1.50. The molecule has 0 bridgehead atoms. The number of rotatable bonds is 0. The van der Waals surface area contributed by atoms with Gasteiger partial charge in [-0.2, -0.15) is 0 Å². The third-order valence-corrected chi connectivity index (χ3v) is 0. The van der Waals surface area contributed by atoms with Gasteiger partial charge in [-0.25, -0.2) is 0 Å². The van der Waals surface area contributed by atoms with Gasteiger partial charge in [-0.15, -0.1) is 0 Å². The molecule has 0 aliphatic heterocycles. The molecular weight excluding hydrogens is 231 g/mol. The fourth-order valence-corrected chi connectivity index (χ4v) is 0. The summed E-state index contributed by atoms with van der Waals surface area (Å²) in [5.41, 5.74) is 0. The van der Waals surface area contributed by atoms with Crippen LogP contribution in [0.3, 0.4) is 0 Å². The van der Waals surface area contributed by atoms with E-state index in [1.807, 2.05) is 0 Å². The van der Waals surface area contributed by atoms with Crippen molar-refractivity contribution < 1.29 is 32.1 Å². The molecule has 0 saturated carbocycles. The van der Waals surface area contributed by atoms with Crippen LogP contribution < -0.4 is 0 Å². The molecular formula is CH3CoMoS2-. The van der Waals surface area contributed by atoms with Crippen molar-refractivity contribution in [3.63, 3.8) is 0 Å². The summed E-state index contributed by atoms with van der Waals surface area (Å²) in [4.78, 5) is 0. The van der Waals surface area contributed by atoms with Crippen molar-refractivity contribution in [2.24, 2.45) is 0 Å². The van der Waals surface area contributed by atoms with Crippen molar-refractivity contribution in [1.82, 2.24) is 0 Å². The maximum atomic E-state index is 4.09. The van der Waals surface area contributed by atoms with E-state index in [9.17, 15) is 0 Å². The third-order valence-electron chi connectivity index (χ3n) is 0. The first-order chi connectivity index (χ1) is 2.00. The van der Waals surface area contributed by atoms with Gasteiger partial charge in [0.1, 0.15) is 0 Å². The molecule has 35 valence electrons. The van der Waals surface area contributed by atoms with Gasteiger partial charge in [0.2, 0.25) is 0 Å². The van der Waals surface area contributed by atoms with E-state index in [0.29, 0.717) is 0 Å². The van der Waals surface area contributed by atoms with E-state index in [0.717, 1.165) is 0 Å². The third kappa shape index (κ3) is 27.9. The van der Waals surface area contributed by atoms with E-state index in [-0.39, 0.29) is 7.43 Å². The van der Waals surface area contributed by atoms with Crippen molar-refractivity contribution in [3.8, 4) is 0 Å². The Morgan fingerprint density at radius 3 is 1.20 bits per heavy atom. The second-order valence-electron chi connectivity index (χ2n) is 0. The fourth-order valence-electron chi connectivity index (χ4n) is 0. The fraction of sp³-hybridized carbons (Fsp3) is 0. The first-order valence-corrected chi connectivity index (χ1v) is 4.64. The molecule has 0 N–H and O–H groups in total. The van der Waals surface area contributed by atoms with Gasteiger partial charge in [0.15, 0.2) is 0 Å². The van der Waals surface area contributed by atoms with Crippen LogP contribution in [-0.4, -0.2) is 0 Å². The summed E-state index contributed by atoms with van der Waals surface area (Å²) in [6.07, 6.45) is 0. The summed E-state index contributed by atoms with van der Waals surface area (Å²) >= 11 is 4.68. The molecule has 0 aliphatic rings. The topological polar surface area (TPSA) is 0 Å². The molecule has 0 aromatic heterocycles. The molecule has 0 spiro atoms. The summed E-state index contributed by atoms with van der Waals surface area (Å²) < 4.78 is 0. The zero-order chi connectivity index (χ0) is 4.00. The minimum absolute atomic E-state index is 0. The van der Waals surface area contributed by atoms with E-state index >= 15 is 0 Å². The summed E-state index contributed by atoms with van der Waals surface area (Å²) in [6.45, 7) is 0. The number of hydrogen-bond acceptors (Lipinski definition) is 2. The van der Waals surface area contributed by atoms with Crippen LogP contribution in [0, 0.1) is 7.43 Å². The molecule has 0 atom stereocenters. The van der Waals surface area contributed by atoms with Crippen LogP contribution in [0.1, 0.15) is 0 Å². The quantitative estimate of drug-likeness (QED) is 0.462. The molecule has 0 amide bonds. The van der Waals surface area contributed by atoms with Crippen LogP contribution >= 0.6 is 20.4 Å². The molecule has 0 rings (SSSR count). The first-order valence-electron chi connectivity index (χ1n) is 0.303. The van der Waals surface area contributed by atoms with Gasteiger partial charge in [0.05, 0.1) is 0 Å². The Balaban J connectivity index is -0.0000000133. The van der Waals surface area contributed by atoms with Crippen LogP contribution in [0.2, 0.25) is 0 Å². The van der Waals surface area contributed by atoms with Crippen LogP contribution in [0.15, 0.2) is 0 Å². The number of hydrogen-bond donors (Lipinski definition) is 0. The van der Waals surface area contributed by atoms with Crippen LogP contribution in [0.4, 0.5) is 0 Å². The van der Waals surface area contributed by atoms with E-state index in [1.165, 1.54) is 18.0 Å². The normalized spacial score (nSPS) is 1.80. The molecule has 0 aromatic rings. The van der Waals surface area contributed by atoms with Gasteiger partial charge in [-0.3, -0.25) is 0 Å². The molecule has 0 fully saturated rings. The Bertz CT molecular complexity index is 11.6. The molecule has 0 unspecified atom stereocenters. The molecule has 0 aliphatic carbocycles. The monoisotopic (exact) mass is 236 g/mol. The summed E-state index contributed by atoms with van der Waals surface area (Å²) in [5.74, 6) is 0. The van der Waals surface area contributed by atoms with Crippen molar-refractivity contribution >= 4 is 20.4 Å². The van der Waals surface area contributed by atoms with Gasteiger partial charge in [0, 0.05) is 0 Å². The molecule has 5 heavy (non-hydrogen) atoms. The Morgan fingerprint density at radius 2 is 1.20 bits per heavy atom. The van der Waals surface area contributed by atoms with Crippen molar-refractivity contribution in [2.45, 2.75) is 0 Å².